The number of hydrogen-bond donors (Lipinski definition) is 2. The predicted octanol–water partition coefficient (Wildman–Crippen LogP) is 2.91. The summed E-state index contributed by atoms with van der Waals surface area (Å²) >= 11 is 3.19. The van der Waals surface area contributed by atoms with Gasteiger partial charge >= 0.3 is 0 Å². The Morgan fingerprint density at radius 1 is 1.33 bits per heavy atom. The minimum Gasteiger partial charge on any atom is -0.326 e. The summed E-state index contributed by atoms with van der Waals surface area (Å²) in [5, 5.41) is 0. The van der Waals surface area contributed by atoms with Gasteiger partial charge in [-0.05, 0) is 24.5 Å². The van der Waals surface area contributed by atoms with Crippen LogP contribution in [0.2, 0.25) is 0 Å². The molecule has 7 heteroatoms. The van der Waals surface area contributed by atoms with Crippen LogP contribution in [0.4, 0.5) is 4.39 Å². The van der Waals surface area contributed by atoms with E-state index in [-0.39, 0.29) is 17.0 Å². The van der Waals surface area contributed by atoms with Crippen molar-refractivity contribution >= 4 is 26.0 Å². The van der Waals surface area contributed by atoms with Crippen molar-refractivity contribution in [1.82, 2.24) is 4.72 Å². The van der Waals surface area contributed by atoms with Crippen LogP contribution in [0, 0.1) is 11.7 Å². The molecule has 1 aliphatic carbocycles. The van der Waals surface area contributed by atoms with E-state index in [1.165, 1.54) is 25.0 Å². The van der Waals surface area contributed by atoms with Crippen LogP contribution in [0.25, 0.3) is 0 Å². The highest BCUT2D eigenvalue weighted by Gasteiger charge is 2.22. The number of nitrogens with two attached hydrogens (primary N) is 1. The van der Waals surface area contributed by atoms with E-state index >= 15 is 0 Å². The molecule has 0 unspecified atom stereocenters. The van der Waals surface area contributed by atoms with Crippen LogP contribution in [-0.4, -0.2) is 15.0 Å². The molecule has 1 saturated carbocycles. The van der Waals surface area contributed by atoms with E-state index < -0.39 is 15.8 Å². The highest BCUT2D eigenvalue weighted by atomic mass is 79.9. The van der Waals surface area contributed by atoms with E-state index in [2.05, 4.69) is 20.7 Å². The third-order valence-electron chi connectivity index (χ3n) is 3.91. The Morgan fingerprint density at radius 3 is 2.62 bits per heavy atom. The van der Waals surface area contributed by atoms with Gasteiger partial charge in [-0.2, -0.15) is 0 Å². The zero-order chi connectivity index (χ0) is 15.5. The molecule has 21 heavy (non-hydrogen) atoms. The Hall–Kier alpha value is -0.500. The summed E-state index contributed by atoms with van der Waals surface area (Å²) in [6.07, 6.45) is 5.56. The van der Waals surface area contributed by atoms with E-state index in [1.807, 2.05) is 0 Å². The van der Waals surface area contributed by atoms with Crippen molar-refractivity contribution in [3.63, 3.8) is 0 Å². The fourth-order valence-corrected chi connectivity index (χ4v) is 4.58. The highest BCUT2D eigenvalue weighted by molar-refractivity contribution is 9.10. The summed E-state index contributed by atoms with van der Waals surface area (Å²) in [6, 6.07) is 2.76. The third kappa shape index (κ3) is 4.25. The van der Waals surface area contributed by atoms with Crippen molar-refractivity contribution in [2.45, 2.75) is 43.5 Å². The molecule has 0 radical (unpaired) electrons. The van der Waals surface area contributed by atoms with Gasteiger partial charge in [0.25, 0.3) is 0 Å². The zero-order valence-electron chi connectivity index (χ0n) is 11.7. The average Bonchev–Trinajstić information content (AvgIpc) is 2.93. The van der Waals surface area contributed by atoms with Crippen molar-refractivity contribution in [1.29, 1.82) is 0 Å². The van der Waals surface area contributed by atoms with Crippen molar-refractivity contribution in [3.05, 3.63) is 28.0 Å². The minimum atomic E-state index is -3.85. The molecule has 0 saturated heterocycles. The van der Waals surface area contributed by atoms with Crippen LogP contribution in [0.1, 0.15) is 37.7 Å². The van der Waals surface area contributed by atoms with Crippen molar-refractivity contribution in [2.75, 3.05) is 6.54 Å². The number of hydrogen-bond acceptors (Lipinski definition) is 3. The van der Waals surface area contributed by atoms with Gasteiger partial charge in [-0.25, -0.2) is 17.5 Å². The van der Waals surface area contributed by atoms with Crippen LogP contribution in [0.5, 0.6) is 0 Å². The van der Waals surface area contributed by atoms with Crippen LogP contribution >= 0.6 is 15.9 Å². The van der Waals surface area contributed by atoms with E-state index in [0.29, 0.717) is 16.9 Å². The van der Waals surface area contributed by atoms with Gasteiger partial charge in [0.15, 0.2) is 0 Å². The lowest BCUT2D eigenvalue weighted by atomic mass is 10.1. The molecule has 0 bridgehead atoms. The van der Waals surface area contributed by atoms with E-state index in [9.17, 15) is 12.8 Å². The molecule has 118 valence electrons. The highest BCUT2D eigenvalue weighted by Crippen LogP contribution is 2.27. The maximum absolute atomic E-state index is 14.2. The molecule has 0 atom stereocenters. The first-order valence-electron chi connectivity index (χ1n) is 7.11. The summed E-state index contributed by atoms with van der Waals surface area (Å²) in [6.45, 7) is 0.298. The molecule has 0 aromatic heterocycles. The number of nitrogens with one attached hydrogen (secondary N) is 1. The Labute approximate surface area is 133 Å². The second-order valence-corrected chi connectivity index (χ2v) is 8.07. The van der Waals surface area contributed by atoms with Gasteiger partial charge in [0, 0.05) is 23.1 Å². The van der Waals surface area contributed by atoms with E-state index in [4.69, 9.17) is 5.73 Å². The lowest BCUT2D eigenvalue weighted by Gasteiger charge is -2.12. The molecule has 1 aromatic rings. The molecule has 2 rings (SSSR count). The van der Waals surface area contributed by atoms with Crippen LogP contribution < -0.4 is 10.5 Å². The Morgan fingerprint density at radius 2 is 2.00 bits per heavy atom. The van der Waals surface area contributed by atoms with Crippen molar-refractivity contribution in [2.24, 2.45) is 11.7 Å². The maximum atomic E-state index is 14.2. The molecular formula is C14H20BrFN2O2S. The first-order valence-corrected chi connectivity index (χ1v) is 9.39. The molecule has 0 heterocycles. The number of rotatable bonds is 6. The predicted molar refractivity (Wildman–Crippen MR) is 83.8 cm³/mol. The topological polar surface area (TPSA) is 72.2 Å². The van der Waals surface area contributed by atoms with Gasteiger partial charge in [-0.1, -0.05) is 41.6 Å². The first kappa shape index (κ1) is 16.9. The summed E-state index contributed by atoms with van der Waals surface area (Å²) in [5.74, 6) is -0.186. The molecule has 0 spiro atoms. The molecular weight excluding hydrogens is 359 g/mol. The van der Waals surface area contributed by atoms with Crippen LogP contribution in [0.15, 0.2) is 21.5 Å². The van der Waals surface area contributed by atoms with Crippen LogP contribution in [-0.2, 0) is 16.6 Å². The third-order valence-corrected chi connectivity index (χ3v) is 5.83. The molecule has 1 aromatic carbocycles. The summed E-state index contributed by atoms with van der Waals surface area (Å²) < 4.78 is 41.6. The fourth-order valence-electron chi connectivity index (χ4n) is 2.74. The van der Waals surface area contributed by atoms with Gasteiger partial charge in [-0.15, -0.1) is 0 Å². The maximum Gasteiger partial charge on any atom is 0.243 e. The second kappa shape index (κ2) is 7.17. The largest absolute Gasteiger partial charge is 0.326 e. The smallest absolute Gasteiger partial charge is 0.243 e. The number of benzene rings is 1. The molecule has 1 aliphatic rings. The van der Waals surface area contributed by atoms with Gasteiger partial charge in [0.2, 0.25) is 10.0 Å². The molecule has 0 amide bonds. The molecule has 0 aliphatic heterocycles. The summed E-state index contributed by atoms with van der Waals surface area (Å²) in [7, 11) is -3.85. The fraction of sp³-hybridized carbons (Fsp3) is 0.571. The number of sulfonamides is 1. The Balaban J connectivity index is 2.09. The monoisotopic (exact) mass is 378 g/mol. The lowest BCUT2D eigenvalue weighted by molar-refractivity contribution is 0.493. The van der Waals surface area contributed by atoms with Gasteiger partial charge < -0.3 is 5.73 Å². The summed E-state index contributed by atoms with van der Waals surface area (Å²) in [4.78, 5) is -0.344. The standard InChI is InChI=1S/C14H20BrFN2O2S/c15-12-7-11(9-17)14(16)13(8-12)21(19,20)18-6-5-10-3-1-2-4-10/h7-8,10,18H,1-6,9,17H2. The van der Waals surface area contributed by atoms with Crippen molar-refractivity contribution in [3.8, 4) is 0 Å². The summed E-state index contributed by atoms with van der Waals surface area (Å²) in [5.41, 5.74) is 5.62. The molecule has 4 nitrogen and oxygen atoms in total. The second-order valence-electron chi connectivity index (χ2n) is 5.42. The molecule has 3 N–H and O–H groups in total. The lowest BCUT2D eigenvalue weighted by Crippen LogP contribution is -2.27. The molecule has 1 fully saturated rings. The average molecular weight is 379 g/mol. The SMILES string of the molecule is NCc1cc(Br)cc(S(=O)(=O)NCCC2CCCC2)c1F. The quantitative estimate of drug-likeness (QED) is 0.799. The Bertz CT molecular complexity index is 601. The zero-order valence-corrected chi connectivity index (χ0v) is 14.1. The van der Waals surface area contributed by atoms with Gasteiger partial charge in [0.1, 0.15) is 10.7 Å². The van der Waals surface area contributed by atoms with Crippen molar-refractivity contribution < 1.29 is 12.8 Å². The minimum absolute atomic E-state index is 0.0458. The Kier molecular flexibility index (Phi) is 5.76. The normalized spacial score (nSPS) is 16.5. The first-order chi connectivity index (χ1) is 9.94. The van der Waals surface area contributed by atoms with Gasteiger partial charge in [-0.3, -0.25) is 0 Å². The van der Waals surface area contributed by atoms with E-state index in [0.717, 1.165) is 19.3 Å². The van der Waals surface area contributed by atoms with Crippen LogP contribution in [0.3, 0.4) is 0 Å². The van der Waals surface area contributed by atoms with E-state index in [1.54, 1.807) is 0 Å². The number of halogens is 2. The van der Waals surface area contributed by atoms with Gasteiger partial charge in [0.05, 0.1) is 0 Å².